The quantitative estimate of drug-likeness (QED) is 0.759. The van der Waals surface area contributed by atoms with Crippen LogP contribution in [0, 0.1) is 18.8 Å². The highest BCUT2D eigenvalue weighted by Gasteiger charge is 2.32. The predicted molar refractivity (Wildman–Crippen MR) is 107 cm³/mol. The minimum atomic E-state index is -0.137. The molecule has 3 unspecified atom stereocenters. The third-order valence-corrected chi connectivity index (χ3v) is 5.89. The van der Waals surface area contributed by atoms with Crippen molar-refractivity contribution in [1.82, 2.24) is 10.2 Å². The summed E-state index contributed by atoms with van der Waals surface area (Å²) in [6, 6.07) is 7.81. The van der Waals surface area contributed by atoms with Gasteiger partial charge in [-0.2, -0.15) is 0 Å². The lowest BCUT2D eigenvalue weighted by molar-refractivity contribution is -0.127. The average molecular weight is 373 g/mol. The molecule has 1 aliphatic heterocycles. The number of carbonyl (C=O) groups excluding carboxylic acids is 2. The second-order valence-corrected chi connectivity index (χ2v) is 7.98. The van der Waals surface area contributed by atoms with E-state index in [4.69, 9.17) is 5.73 Å². The summed E-state index contributed by atoms with van der Waals surface area (Å²) in [6.45, 7) is 3.79. The average Bonchev–Trinajstić information content (AvgIpc) is 2.68. The number of benzene rings is 1. The van der Waals surface area contributed by atoms with Crippen molar-refractivity contribution in [2.75, 3.05) is 25.0 Å². The minimum absolute atomic E-state index is 0.0772. The largest absolute Gasteiger partial charge is 0.353 e. The zero-order valence-electron chi connectivity index (χ0n) is 16.2. The first-order valence-electron chi connectivity index (χ1n) is 10.2. The SMILES string of the molecule is Cc1cccc(NC(=O)N2CCCC(C(=O)NC3CCCCC3CN)C2)c1. The van der Waals surface area contributed by atoms with Gasteiger partial charge in [-0.1, -0.05) is 25.0 Å². The normalized spacial score (nSPS) is 25.7. The Morgan fingerprint density at radius 3 is 2.78 bits per heavy atom. The third-order valence-electron chi connectivity index (χ3n) is 5.89. The molecule has 2 aliphatic rings. The Bertz CT molecular complexity index is 663. The Morgan fingerprint density at radius 2 is 2.00 bits per heavy atom. The van der Waals surface area contributed by atoms with E-state index in [0.717, 1.165) is 43.4 Å². The van der Waals surface area contributed by atoms with E-state index in [2.05, 4.69) is 10.6 Å². The van der Waals surface area contributed by atoms with E-state index < -0.39 is 0 Å². The van der Waals surface area contributed by atoms with E-state index in [9.17, 15) is 9.59 Å². The highest BCUT2D eigenvalue weighted by molar-refractivity contribution is 5.90. The van der Waals surface area contributed by atoms with Gasteiger partial charge in [-0.25, -0.2) is 4.79 Å². The number of amides is 3. The van der Waals surface area contributed by atoms with Crippen LogP contribution >= 0.6 is 0 Å². The number of urea groups is 1. The fraction of sp³-hybridized carbons (Fsp3) is 0.619. The van der Waals surface area contributed by atoms with E-state index in [1.54, 1.807) is 4.90 Å². The summed E-state index contributed by atoms with van der Waals surface area (Å²) >= 11 is 0. The van der Waals surface area contributed by atoms with Gasteiger partial charge in [-0.05, 0) is 62.8 Å². The van der Waals surface area contributed by atoms with E-state index in [-0.39, 0.29) is 23.9 Å². The molecule has 1 aliphatic carbocycles. The van der Waals surface area contributed by atoms with Crippen molar-refractivity contribution < 1.29 is 9.59 Å². The molecule has 4 N–H and O–H groups in total. The van der Waals surface area contributed by atoms with E-state index >= 15 is 0 Å². The molecule has 3 rings (SSSR count). The first-order valence-corrected chi connectivity index (χ1v) is 10.2. The monoisotopic (exact) mass is 372 g/mol. The number of piperidine rings is 1. The highest BCUT2D eigenvalue weighted by Crippen LogP contribution is 2.25. The summed E-state index contributed by atoms with van der Waals surface area (Å²) in [5.74, 6) is 0.322. The maximum Gasteiger partial charge on any atom is 0.321 e. The molecule has 3 atom stereocenters. The Morgan fingerprint density at radius 1 is 1.19 bits per heavy atom. The number of nitrogens with two attached hydrogens (primary N) is 1. The second kappa shape index (κ2) is 9.22. The number of anilines is 1. The van der Waals surface area contributed by atoms with Crippen LogP contribution in [-0.2, 0) is 4.79 Å². The van der Waals surface area contributed by atoms with Gasteiger partial charge >= 0.3 is 6.03 Å². The van der Waals surface area contributed by atoms with Gasteiger partial charge in [0.2, 0.25) is 5.91 Å². The van der Waals surface area contributed by atoms with Gasteiger partial charge in [0.15, 0.2) is 0 Å². The molecular formula is C21H32N4O2. The molecular weight excluding hydrogens is 340 g/mol. The first kappa shape index (κ1) is 19.7. The summed E-state index contributed by atoms with van der Waals surface area (Å²) in [4.78, 5) is 27.2. The number of likely N-dealkylation sites (tertiary alicyclic amines) is 1. The van der Waals surface area contributed by atoms with Crippen LogP contribution in [0.1, 0.15) is 44.1 Å². The molecule has 2 fully saturated rings. The third kappa shape index (κ3) is 5.22. The lowest BCUT2D eigenvalue weighted by atomic mass is 9.84. The van der Waals surface area contributed by atoms with Crippen molar-refractivity contribution in [2.24, 2.45) is 17.6 Å². The molecule has 148 valence electrons. The number of nitrogens with one attached hydrogen (secondary N) is 2. The van der Waals surface area contributed by atoms with Crippen molar-refractivity contribution in [1.29, 1.82) is 0 Å². The fourth-order valence-corrected chi connectivity index (χ4v) is 4.28. The number of rotatable bonds is 4. The van der Waals surface area contributed by atoms with Crippen LogP contribution in [0.15, 0.2) is 24.3 Å². The van der Waals surface area contributed by atoms with Crippen molar-refractivity contribution in [3.05, 3.63) is 29.8 Å². The molecule has 1 saturated carbocycles. The molecule has 1 aromatic carbocycles. The van der Waals surface area contributed by atoms with E-state index in [0.29, 0.717) is 25.6 Å². The molecule has 1 saturated heterocycles. The van der Waals surface area contributed by atoms with Crippen LogP contribution in [-0.4, -0.2) is 42.5 Å². The lowest BCUT2D eigenvalue weighted by Gasteiger charge is -2.35. The summed E-state index contributed by atoms with van der Waals surface area (Å²) < 4.78 is 0. The Hall–Kier alpha value is -2.08. The maximum atomic E-state index is 12.8. The van der Waals surface area contributed by atoms with Crippen LogP contribution < -0.4 is 16.4 Å². The highest BCUT2D eigenvalue weighted by atomic mass is 16.2. The minimum Gasteiger partial charge on any atom is -0.353 e. The smallest absolute Gasteiger partial charge is 0.321 e. The Kier molecular flexibility index (Phi) is 6.72. The number of hydrogen-bond donors (Lipinski definition) is 3. The zero-order valence-corrected chi connectivity index (χ0v) is 16.2. The maximum absolute atomic E-state index is 12.8. The summed E-state index contributed by atoms with van der Waals surface area (Å²) in [5.41, 5.74) is 7.77. The van der Waals surface area contributed by atoms with Crippen molar-refractivity contribution in [3.63, 3.8) is 0 Å². The molecule has 1 heterocycles. The molecule has 0 radical (unpaired) electrons. The predicted octanol–water partition coefficient (Wildman–Crippen LogP) is 2.87. The number of aryl methyl sites for hydroxylation is 1. The van der Waals surface area contributed by atoms with Crippen molar-refractivity contribution in [3.8, 4) is 0 Å². The van der Waals surface area contributed by atoms with E-state index in [1.165, 1.54) is 6.42 Å². The summed E-state index contributed by atoms with van der Waals surface area (Å²) in [6.07, 6.45) is 6.14. The lowest BCUT2D eigenvalue weighted by Crippen LogP contribution is -2.51. The summed E-state index contributed by atoms with van der Waals surface area (Å²) in [7, 11) is 0. The van der Waals surface area contributed by atoms with Gasteiger partial charge in [0.1, 0.15) is 0 Å². The van der Waals surface area contributed by atoms with Gasteiger partial charge in [-0.15, -0.1) is 0 Å². The van der Waals surface area contributed by atoms with E-state index in [1.807, 2.05) is 31.2 Å². The standard InChI is InChI=1S/C21H32N4O2/c1-15-6-4-9-18(12-15)23-21(27)25-11-5-8-17(14-25)20(26)24-19-10-3-2-7-16(19)13-22/h4,6,9,12,16-17,19H,2-3,5,7-8,10-11,13-14,22H2,1H3,(H,23,27)(H,24,26). The van der Waals surface area contributed by atoms with Gasteiger partial charge < -0.3 is 21.3 Å². The molecule has 6 nitrogen and oxygen atoms in total. The van der Waals surface area contributed by atoms with Gasteiger partial charge in [0.25, 0.3) is 0 Å². The fourth-order valence-electron chi connectivity index (χ4n) is 4.28. The van der Waals surface area contributed by atoms with Crippen LogP contribution in [0.4, 0.5) is 10.5 Å². The number of nitrogens with zero attached hydrogens (tertiary/aromatic N) is 1. The molecule has 1 aromatic rings. The number of hydrogen-bond acceptors (Lipinski definition) is 3. The van der Waals surface area contributed by atoms with Gasteiger partial charge in [0, 0.05) is 24.8 Å². The molecule has 27 heavy (non-hydrogen) atoms. The summed E-state index contributed by atoms with van der Waals surface area (Å²) in [5, 5.41) is 6.18. The van der Waals surface area contributed by atoms with Gasteiger partial charge in [-0.3, -0.25) is 4.79 Å². The first-order chi connectivity index (χ1) is 13.1. The zero-order chi connectivity index (χ0) is 19.2. The Labute approximate surface area is 161 Å². The van der Waals surface area contributed by atoms with Crippen LogP contribution in [0.25, 0.3) is 0 Å². The second-order valence-electron chi connectivity index (χ2n) is 7.98. The molecule has 0 aromatic heterocycles. The molecule has 6 heteroatoms. The number of carbonyl (C=O) groups is 2. The topological polar surface area (TPSA) is 87.5 Å². The van der Waals surface area contributed by atoms with Crippen LogP contribution in [0.5, 0.6) is 0 Å². The van der Waals surface area contributed by atoms with Crippen molar-refractivity contribution in [2.45, 2.75) is 51.5 Å². The van der Waals surface area contributed by atoms with Crippen molar-refractivity contribution >= 4 is 17.6 Å². The van der Waals surface area contributed by atoms with Crippen LogP contribution in [0.3, 0.4) is 0 Å². The molecule has 0 bridgehead atoms. The van der Waals surface area contributed by atoms with Crippen LogP contribution in [0.2, 0.25) is 0 Å². The van der Waals surface area contributed by atoms with Gasteiger partial charge in [0.05, 0.1) is 5.92 Å². The Balaban J connectivity index is 1.55. The molecule has 0 spiro atoms. The molecule has 3 amide bonds.